The highest BCUT2D eigenvalue weighted by Gasteiger charge is 2.13. The maximum absolute atomic E-state index is 6.18. The van der Waals surface area contributed by atoms with Crippen LogP contribution in [0, 0.1) is 0 Å². The quantitative estimate of drug-likeness (QED) is 0.797. The van der Waals surface area contributed by atoms with Crippen molar-refractivity contribution in [3.8, 4) is 0 Å². The Kier molecular flexibility index (Phi) is 3.42. The van der Waals surface area contributed by atoms with E-state index >= 15 is 0 Å². The molecule has 0 saturated heterocycles. The van der Waals surface area contributed by atoms with Gasteiger partial charge in [-0.2, -0.15) is 0 Å². The fourth-order valence-electron chi connectivity index (χ4n) is 2.41. The van der Waals surface area contributed by atoms with Crippen molar-refractivity contribution in [1.29, 1.82) is 0 Å². The minimum absolute atomic E-state index is 0.246. The van der Waals surface area contributed by atoms with Crippen LogP contribution in [0.15, 0.2) is 18.2 Å². The van der Waals surface area contributed by atoms with Crippen LogP contribution in [0.2, 0.25) is 0 Å². The first-order valence-electron chi connectivity index (χ1n) is 6.18. The Labute approximate surface area is 92.7 Å². The average molecular weight is 203 g/mol. The third-order valence-corrected chi connectivity index (χ3v) is 3.42. The Morgan fingerprint density at radius 3 is 2.87 bits per heavy atom. The van der Waals surface area contributed by atoms with E-state index < -0.39 is 0 Å². The minimum atomic E-state index is 0.246. The molecule has 0 fully saturated rings. The van der Waals surface area contributed by atoms with Crippen LogP contribution in [0.1, 0.15) is 55.3 Å². The molecule has 0 spiro atoms. The van der Waals surface area contributed by atoms with Gasteiger partial charge in [0, 0.05) is 6.04 Å². The van der Waals surface area contributed by atoms with Crippen LogP contribution in [0.3, 0.4) is 0 Å². The van der Waals surface area contributed by atoms with Crippen molar-refractivity contribution in [3.05, 3.63) is 34.9 Å². The summed E-state index contributed by atoms with van der Waals surface area (Å²) in [6.45, 7) is 2.22. The average Bonchev–Trinajstić information content (AvgIpc) is 2.72. The van der Waals surface area contributed by atoms with Gasteiger partial charge in [0.25, 0.3) is 0 Å². The number of fused-ring (bicyclic) bond motifs is 1. The van der Waals surface area contributed by atoms with Crippen LogP contribution in [-0.2, 0) is 12.8 Å². The van der Waals surface area contributed by atoms with E-state index in [1.807, 2.05) is 0 Å². The molecule has 1 aromatic carbocycles. The van der Waals surface area contributed by atoms with E-state index in [4.69, 9.17) is 5.73 Å². The summed E-state index contributed by atoms with van der Waals surface area (Å²) < 4.78 is 0. The summed E-state index contributed by atoms with van der Waals surface area (Å²) in [5.41, 5.74) is 10.6. The van der Waals surface area contributed by atoms with Gasteiger partial charge in [-0.3, -0.25) is 0 Å². The van der Waals surface area contributed by atoms with Gasteiger partial charge in [0.15, 0.2) is 0 Å². The predicted octanol–water partition coefficient (Wildman–Crippen LogP) is 3.37. The second-order valence-corrected chi connectivity index (χ2v) is 4.63. The van der Waals surface area contributed by atoms with Crippen LogP contribution in [0.5, 0.6) is 0 Å². The molecule has 0 saturated carbocycles. The first kappa shape index (κ1) is 10.7. The van der Waals surface area contributed by atoms with Gasteiger partial charge in [-0.05, 0) is 42.4 Å². The van der Waals surface area contributed by atoms with Gasteiger partial charge in [-0.1, -0.05) is 38.0 Å². The SMILES string of the molecule is CCCCC(N)c1ccc2c(c1)CCC2. The van der Waals surface area contributed by atoms with Crippen LogP contribution < -0.4 is 5.73 Å². The summed E-state index contributed by atoms with van der Waals surface area (Å²) in [5, 5.41) is 0. The Bertz CT molecular complexity index is 330. The lowest BCUT2D eigenvalue weighted by Crippen LogP contribution is -2.10. The summed E-state index contributed by atoms with van der Waals surface area (Å²) in [4.78, 5) is 0. The second-order valence-electron chi connectivity index (χ2n) is 4.63. The zero-order valence-electron chi connectivity index (χ0n) is 9.63. The van der Waals surface area contributed by atoms with Gasteiger partial charge in [0.2, 0.25) is 0 Å². The Morgan fingerprint density at radius 1 is 1.27 bits per heavy atom. The summed E-state index contributed by atoms with van der Waals surface area (Å²) >= 11 is 0. The van der Waals surface area contributed by atoms with E-state index in [9.17, 15) is 0 Å². The molecule has 0 bridgehead atoms. The standard InChI is InChI=1S/C14H21N/c1-2-3-7-14(15)13-9-8-11-5-4-6-12(11)10-13/h8-10,14H,2-7,15H2,1H3. The van der Waals surface area contributed by atoms with Crippen molar-refractivity contribution in [3.63, 3.8) is 0 Å². The lowest BCUT2D eigenvalue weighted by Gasteiger charge is -2.12. The highest BCUT2D eigenvalue weighted by molar-refractivity contribution is 5.36. The molecule has 1 aliphatic rings. The molecule has 82 valence electrons. The van der Waals surface area contributed by atoms with Gasteiger partial charge < -0.3 is 5.73 Å². The summed E-state index contributed by atoms with van der Waals surface area (Å²) in [6.07, 6.45) is 7.43. The number of unbranched alkanes of at least 4 members (excludes halogenated alkanes) is 1. The van der Waals surface area contributed by atoms with E-state index in [0.29, 0.717) is 0 Å². The van der Waals surface area contributed by atoms with Crippen molar-refractivity contribution in [1.82, 2.24) is 0 Å². The Hall–Kier alpha value is -0.820. The number of rotatable bonds is 4. The summed E-state index contributed by atoms with van der Waals surface area (Å²) in [5.74, 6) is 0. The van der Waals surface area contributed by atoms with Crippen LogP contribution in [-0.4, -0.2) is 0 Å². The van der Waals surface area contributed by atoms with Crippen LogP contribution in [0.4, 0.5) is 0 Å². The molecular formula is C14H21N. The highest BCUT2D eigenvalue weighted by atomic mass is 14.6. The molecule has 0 radical (unpaired) electrons. The number of nitrogens with two attached hydrogens (primary N) is 1. The molecule has 1 atom stereocenters. The minimum Gasteiger partial charge on any atom is -0.324 e. The van der Waals surface area contributed by atoms with Gasteiger partial charge in [0.05, 0.1) is 0 Å². The zero-order chi connectivity index (χ0) is 10.7. The number of hydrogen-bond acceptors (Lipinski definition) is 1. The second kappa shape index (κ2) is 4.80. The highest BCUT2D eigenvalue weighted by Crippen LogP contribution is 2.26. The number of hydrogen-bond donors (Lipinski definition) is 1. The van der Waals surface area contributed by atoms with Crippen LogP contribution >= 0.6 is 0 Å². The fourth-order valence-corrected chi connectivity index (χ4v) is 2.41. The van der Waals surface area contributed by atoms with Gasteiger partial charge >= 0.3 is 0 Å². The third-order valence-electron chi connectivity index (χ3n) is 3.42. The van der Waals surface area contributed by atoms with Crippen LogP contribution in [0.25, 0.3) is 0 Å². The molecule has 1 nitrogen and oxygen atoms in total. The summed E-state index contributed by atoms with van der Waals surface area (Å²) in [7, 11) is 0. The molecule has 1 aromatic rings. The first-order chi connectivity index (χ1) is 7.31. The van der Waals surface area contributed by atoms with Crippen molar-refractivity contribution >= 4 is 0 Å². The van der Waals surface area contributed by atoms with Gasteiger partial charge in [-0.25, -0.2) is 0 Å². The maximum atomic E-state index is 6.18. The molecule has 0 aromatic heterocycles. The Balaban J connectivity index is 2.08. The lowest BCUT2D eigenvalue weighted by atomic mass is 9.98. The smallest absolute Gasteiger partial charge is 0.0294 e. The molecule has 1 unspecified atom stereocenters. The molecule has 1 aliphatic carbocycles. The third kappa shape index (κ3) is 2.40. The van der Waals surface area contributed by atoms with Gasteiger partial charge in [0.1, 0.15) is 0 Å². The molecule has 2 rings (SSSR count). The van der Waals surface area contributed by atoms with Crippen molar-refractivity contribution in [2.75, 3.05) is 0 Å². The van der Waals surface area contributed by atoms with Crippen molar-refractivity contribution in [2.24, 2.45) is 5.73 Å². The molecule has 0 heterocycles. The largest absolute Gasteiger partial charge is 0.324 e. The molecule has 2 N–H and O–H groups in total. The van der Waals surface area contributed by atoms with E-state index in [0.717, 1.165) is 6.42 Å². The van der Waals surface area contributed by atoms with E-state index in [-0.39, 0.29) is 6.04 Å². The lowest BCUT2D eigenvalue weighted by molar-refractivity contribution is 0.603. The van der Waals surface area contributed by atoms with Gasteiger partial charge in [-0.15, -0.1) is 0 Å². The molecule has 15 heavy (non-hydrogen) atoms. The predicted molar refractivity (Wildman–Crippen MR) is 64.9 cm³/mol. The maximum Gasteiger partial charge on any atom is 0.0294 e. The molecule has 0 amide bonds. The number of aryl methyl sites for hydroxylation is 2. The topological polar surface area (TPSA) is 26.0 Å². The zero-order valence-corrected chi connectivity index (χ0v) is 9.63. The molecule has 0 aliphatic heterocycles. The molecular weight excluding hydrogens is 182 g/mol. The number of benzene rings is 1. The monoisotopic (exact) mass is 203 g/mol. The first-order valence-corrected chi connectivity index (χ1v) is 6.18. The van der Waals surface area contributed by atoms with E-state index in [2.05, 4.69) is 25.1 Å². The summed E-state index contributed by atoms with van der Waals surface area (Å²) in [6, 6.07) is 7.09. The van der Waals surface area contributed by atoms with E-state index in [1.54, 1.807) is 11.1 Å². The molecule has 1 heteroatoms. The fraction of sp³-hybridized carbons (Fsp3) is 0.571. The van der Waals surface area contributed by atoms with Crippen molar-refractivity contribution < 1.29 is 0 Å². The van der Waals surface area contributed by atoms with Crippen molar-refractivity contribution in [2.45, 2.75) is 51.5 Å². The Morgan fingerprint density at radius 2 is 2.07 bits per heavy atom. The van der Waals surface area contributed by atoms with E-state index in [1.165, 1.54) is 37.7 Å². The normalized spacial score (nSPS) is 16.4.